The molecule has 0 saturated carbocycles. The van der Waals surface area contributed by atoms with Gasteiger partial charge in [-0.3, -0.25) is 14.5 Å². The fraction of sp³-hybridized carbons (Fsp3) is 0.227. The Hall–Kier alpha value is -2.91. The number of nitrogens with one attached hydrogen (secondary N) is 1. The van der Waals surface area contributed by atoms with Gasteiger partial charge in [-0.2, -0.15) is 0 Å². The number of hydrogen-bond donors (Lipinski definition) is 1. The van der Waals surface area contributed by atoms with Crippen LogP contribution in [0.2, 0.25) is 5.02 Å². The highest BCUT2D eigenvalue weighted by Gasteiger charge is 2.29. The first-order valence-corrected chi connectivity index (χ1v) is 10.7. The molecule has 32 heavy (non-hydrogen) atoms. The quantitative estimate of drug-likeness (QED) is 0.611. The number of nitrogens with zero attached hydrogens (tertiary/aromatic N) is 2. The third-order valence-corrected chi connectivity index (χ3v) is 5.71. The van der Waals surface area contributed by atoms with E-state index in [1.807, 2.05) is 0 Å². The highest BCUT2D eigenvalue weighted by Crippen LogP contribution is 2.36. The predicted molar refractivity (Wildman–Crippen MR) is 122 cm³/mol. The molecule has 1 aliphatic heterocycles. The smallest absolute Gasteiger partial charge is 0.326 e. The van der Waals surface area contributed by atoms with E-state index in [2.05, 4.69) is 21.2 Å². The molecule has 10 heteroatoms. The average Bonchev–Trinajstić information content (AvgIpc) is 2.74. The van der Waals surface area contributed by atoms with Crippen LogP contribution in [-0.4, -0.2) is 48.2 Å². The minimum atomic E-state index is -0.590. The summed E-state index contributed by atoms with van der Waals surface area (Å²) >= 11 is 9.55. The Morgan fingerprint density at radius 2 is 1.97 bits per heavy atom. The number of rotatable bonds is 5. The molecule has 3 amide bonds. The molecule has 3 rings (SSSR count). The zero-order valence-electron chi connectivity index (χ0n) is 17.3. The van der Waals surface area contributed by atoms with Gasteiger partial charge in [0.2, 0.25) is 0 Å². The van der Waals surface area contributed by atoms with Crippen LogP contribution >= 0.6 is 27.5 Å². The zero-order chi connectivity index (χ0) is 23.4. The van der Waals surface area contributed by atoms with Crippen LogP contribution < -0.4 is 10.1 Å². The molecule has 0 aliphatic carbocycles. The number of ether oxygens (including phenoxy) is 1. The van der Waals surface area contributed by atoms with E-state index in [-0.39, 0.29) is 35.5 Å². The summed E-state index contributed by atoms with van der Waals surface area (Å²) in [5.74, 6) is -0.579. The number of carbonyl (C=O) groups excluding carboxylic acids is 3. The highest BCUT2D eigenvalue weighted by molar-refractivity contribution is 9.10. The molecule has 0 spiro atoms. The Kier molecular flexibility index (Phi) is 7.52. The number of likely N-dealkylation sites (N-methyl/N-ethyl adjacent to an activating group) is 1. The molecule has 1 N–H and O–H groups in total. The normalized spacial score (nSPS) is 15.5. The largest absolute Gasteiger partial charge is 0.482 e. The molecule has 168 valence electrons. The Labute approximate surface area is 197 Å². The first-order valence-electron chi connectivity index (χ1n) is 9.53. The summed E-state index contributed by atoms with van der Waals surface area (Å²) in [6, 6.07) is 7.58. The summed E-state index contributed by atoms with van der Waals surface area (Å²) < 4.78 is 19.3. The number of urea groups is 1. The maximum Gasteiger partial charge on any atom is 0.326 e. The first kappa shape index (κ1) is 23.7. The van der Waals surface area contributed by atoms with Crippen molar-refractivity contribution in [1.29, 1.82) is 0 Å². The maximum atomic E-state index is 13.3. The second-order valence-electron chi connectivity index (χ2n) is 7.23. The van der Waals surface area contributed by atoms with Gasteiger partial charge < -0.3 is 15.0 Å². The third-order valence-electron chi connectivity index (χ3n) is 4.75. The topological polar surface area (TPSA) is 79.0 Å². The summed E-state index contributed by atoms with van der Waals surface area (Å²) in [6.45, 7) is -0.217. The molecule has 0 aromatic heterocycles. The molecule has 1 heterocycles. The second kappa shape index (κ2) is 10.1. The fourth-order valence-corrected chi connectivity index (χ4v) is 3.77. The summed E-state index contributed by atoms with van der Waals surface area (Å²) in [6.07, 6.45) is 2.78. The lowest BCUT2D eigenvalue weighted by atomic mass is 9.97. The Bertz CT molecular complexity index is 1080. The van der Waals surface area contributed by atoms with Gasteiger partial charge in [0.15, 0.2) is 12.4 Å². The van der Waals surface area contributed by atoms with Crippen LogP contribution in [0.25, 0.3) is 0 Å². The molecule has 2 aromatic carbocycles. The van der Waals surface area contributed by atoms with Crippen molar-refractivity contribution in [1.82, 2.24) is 9.80 Å². The minimum absolute atomic E-state index is 0.0678. The van der Waals surface area contributed by atoms with Crippen molar-refractivity contribution in [2.24, 2.45) is 0 Å². The zero-order valence-corrected chi connectivity index (χ0v) is 19.6. The van der Waals surface area contributed by atoms with Crippen molar-refractivity contribution in [3.05, 3.63) is 69.6 Å². The predicted octanol–water partition coefficient (Wildman–Crippen LogP) is 4.77. The summed E-state index contributed by atoms with van der Waals surface area (Å²) in [7, 11) is 3.21. The van der Waals surface area contributed by atoms with E-state index in [4.69, 9.17) is 16.3 Å². The number of anilines is 1. The number of amides is 3. The second-order valence-corrected chi connectivity index (χ2v) is 8.49. The third kappa shape index (κ3) is 5.66. The Morgan fingerprint density at radius 1 is 1.28 bits per heavy atom. The minimum Gasteiger partial charge on any atom is -0.482 e. The van der Waals surface area contributed by atoms with Gasteiger partial charge in [-0.05, 0) is 45.8 Å². The van der Waals surface area contributed by atoms with Crippen LogP contribution in [0, 0.1) is 5.82 Å². The molecular weight excluding hydrogens is 505 g/mol. The highest BCUT2D eigenvalue weighted by atomic mass is 79.9. The van der Waals surface area contributed by atoms with E-state index in [1.165, 1.54) is 40.3 Å². The first-order chi connectivity index (χ1) is 15.2. The number of carbonyl (C=O) groups is 3. The lowest BCUT2D eigenvalue weighted by Gasteiger charge is -2.31. The van der Waals surface area contributed by atoms with Crippen LogP contribution in [0.1, 0.15) is 18.0 Å². The molecule has 0 radical (unpaired) electrons. The van der Waals surface area contributed by atoms with Crippen LogP contribution in [0.4, 0.5) is 14.9 Å². The van der Waals surface area contributed by atoms with E-state index in [9.17, 15) is 18.8 Å². The fourth-order valence-electron chi connectivity index (χ4n) is 2.98. The van der Waals surface area contributed by atoms with Crippen molar-refractivity contribution < 1.29 is 23.5 Å². The van der Waals surface area contributed by atoms with E-state index in [0.717, 1.165) is 0 Å². The Balaban J connectivity index is 1.82. The van der Waals surface area contributed by atoms with Gasteiger partial charge in [-0.1, -0.05) is 23.7 Å². The van der Waals surface area contributed by atoms with Crippen molar-refractivity contribution in [3.63, 3.8) is 0 Å². The maximum absolute atomic E-state index is 13.3. The van der Waals surface area contributed by atoms with Gasteiger partial charge in [0.1, 0.15) is 11.6 Å². The van der Waals surface area contributed by atoms with Gasteiger partial charge in [0, 0.05) is 37.3 Å². The molecule has 0 bridgehead atoms. The van der Waals surface area contributed by atoms with Gasteiger partial charge in [0.05, 0.1) is 16.8 Å². The van der Waals surface area contributed by atoms with E-state index < -0.39 is 17.9 Å². The van der Waals surface area contributed by atoms with Gasteiger partial charge in [0.25, 0.3) is 5.91 Å². The lowest BCUT2D eigenvalue weighted by Crippen LogP contribution is -2.37. The molecule has 1 atom stereocenters. The number of ketones is 1. The molecule has 1 aliphatic rings. The monoisotopic (exact) mass is 523 g/mol. The SMILES string of the molecule is CN(C)C(=O)COc1cc(NC(=O)N2C=CC(=O)CC2c2ccc(F)cc2)c(Br)cc1Cl. The number of hydrogen-bond acceptors (Lipinski definition) is 4. The molecule has 7 nitrogen and oxygen atoms in total. The molecular formula is C22H20BrClFN3O4. The summed E-state index contributed by atoms with van der Waals surface area (Å²) in [4.78, 5) is 39.6. The number of allylic oxidation sites excluding steroid dienone is 1. The standard InChI is InChI=1S/C22H20BrClFN3O4/c1-27(2)21(30)12-32-20-11-18(16(23)10-17(20)24)26-22(31)28-8-7-15(29)9-19(28)13-3-5-14(25)6-4-13/h3-8,10-11,19H,9,12H2,1-2H3,(H,26,31). The van der Waals surface area contributed by atoms with Gasteiger partial charge in [-0.25, -0.2) is 9.18 Å². The van der Waals surface area contributed by atoms with Gasteiger partial charge in [-0.15, -0.1) is 0 Å². The molecule has 0 saturated heterocycles. The van der Waals surface area contributed by atoms with E-state index in [1.54, 1.807) is 32.3 Å². The summed E-state index contributed by atoms with van der Waals surface area (Å²) in [5, 5.41) is 3.01. The van der Waals surface area contributed by atoms with Crippen molar-refractivity contribution in [2.45, 2.75) is 12.5 Å². The number of benzene rings is 2. The molecule has 2 aromatic rings. The number of halogens is 3. The van der Waals surface area contributed by atoms with Crippen LogP contribution in [0.3, 0.4) is 0 Å². The van der Waals surface area contributed by atoms with Crippen LogP contribution in [0.5, 0.6) is 5.75 Å². The molecule has 0 fully saturated rings. The van der Waals surface area contributed by atoms with Crippen molar-refractivity contribution >= 4 is 50.9 Å². The van der Waals surface area contributed by atoms with Crippen molar-refractivity contribution in [3.8, 4) is 5.75 Å². The van der Waals surface area contributed by atoms with E-state index >= 15 is 0 Å². The van der Waals surface area contributed by atoms with Crippen LogP contribution in [0.15, 0.2) is 53.1 Å². The summed E-state index contributed by atoms with van der Waals surface area (Å²) in [5.41, 5.74) is 0.982. The molecule has 1 unspecified atom stereocenters. The Morgan fingerprint density at radius 3 is 2.62 bits per heavy atom. The van der Waals surface area contributed by atoms with Gasteiger partial charge >= 0.3 is 6.03 Å². The average molecular weight is 525 g/mol. The lowest BCUT2D eigenvalue weighted by molar-refractivity contribution is -0.130. The van der Waals surface area contributed by atoms with E-state index in [0.29, 0.717) is 15.7 Å². The van der Waals surface area contributed by atoms with Crippen LogP contribution in [-0.2, 0) is 9.59 Å². The van der Waals surface area contributed by atoms with Crippen molar-refractivity contribution in [2.75, 3.05) is 26.0 Å².